The number of anilines is 3. The molecule has 0 bridgehead atoms. The Morgan fingerprint density at radius 1 is 0.968 bits per heavy atom. The highest BCUT2D eigenvalue weighted by atomic mass is 35.5. The van der Waals surface area contributed by atoms with Crippen LogP contribution >= 0.6 is 11.6 Å². The van der Waals surface area contributed by atoms with Gasteiger partial charge in [-0.05, 0) is 67.6 Å². The average Bonchev–Trinajstić information content (AvgIpc) is 2.77. The van der Waals surface area contributed by atoms with E-state index in [1.807, 2.05) is 55.5 Å². The van der Waals surface area contributed by atoms with Gasteiger partial charge in [0.1, 0.15) is 0 Å². The molecule has 1 fully saturated rings. The first-order chi connectivity index (χ1) is 15.0. The van der Waals surface area contributed by atoms with Gasteiger partial charge in [-0.3, -0.25) is 0 Å². The number of aryl methyl sites for hydroxylation is 1. The van der Waals surface area contributed by atoms with Gasteiger partial charge in [0.15, 0.2) is 5.82 Å². The quantitative estimate of drug-likeness (QED) is 0.528. The van der Waals surface area contributed by atoms with E-state index in [0.29, 0.717) is 16.4 Å². The van der Waals surface area contributed by atoms with Crippen LogP contribution in [0.15, 0.2) is 54.6 Å². The second-order valence-corrected chi connectivity index (χ2v) is 8.47. The van der Waals surface area contributed by atoms with Crippen LogP contribution in [0.4, 0.5) is 22.0 Å². The highest BCUT2D eigenvalue weighted by Gasteiger charge is 2.17. The SMILES string of the molecule is Cc1ccc(NC(=O)Nc2ccc(-c3ccc(N4CCC(C)CC4)nn3)cc2)cc1Cl. The third kappa shape index (κ3) is 5.33. The van der Waals surface area contributed by atoms with Crippen LogP contribution in [0.25, 0.3) is 11.3 Å². The molecule has 2 heterocycles. The van der Waals surface area contributed by atoms with E-state index in [1.165, 1.54) is 12.8 Å². The lowest BCUT2D eigenvalue weighted by Crippen LogP contribution is -2.33. The van der Waals surface area contributed by atoms with Gasteiger partial charge in [0, 0.05) is 35.1 Å². The van der Waals surface area contributed by atoms with E-state index in [1.54, 1.807) is 6.07 Å². The summed E-state index contributed by atoms with van der Waals surface area (Å²) in [5.41, 5.74) is 4.04. The molecule has 7 heteroatoms. The fraction of sp³-hybridized carbons (Fsp3) is 0.292. The first-order valence-corrected chi connectivity index (χ1v) is 10.9. The number of hydrogen-bond acceptors (Lipinski definition) is 4. The fourth-order valence-corrected chi connectivity index (χ4v) is 3.75. The van der Waals surface area contributed by atoms with Gasteiger partial charge in [0.2, 0.25) is 0 Å². The van der Waals surface area contributed by atoms with E-state index >= 15 is 0 Å². The highest BCUT2D eigenvalue weighted by molar-refractivity contribution is 6.31. The molecule has 1 aliphatic rings. The van der Waals surface area contributed by atoms with Crippen molar-refractivity contribution in [2.75, 3.05) is 28.6 Å². The number of rotatable bonds is 4. The van der Waals surface area contributed by atoms with Crippen LogP contribution in [-0.2, 0) is 0 Å². The second-order valence-electron chi connectivity index (χ2n) is 8.07. The third-order valence-electron chi connectivity index (χ3n) is 5.63. The zero-order valence-corrected chi connectivity index (χ0v) is 18.5. The van der Waals surface area contributed by atoms with Gasteiger partial charge in [-0.25, -0.2) is 4.79 Å². The van der Waals surface area contributed by atoms with Gasteiger partial charge in [0.25, 0.3) is 0 Å². The monoisotopic (exact) mass is 435 g/mol. The molecule has 0 aliphatic carbocycles. The van der Waals surface area contributed by atoms with Crippen LogP contribution < -0.4 is 15.5 Å². The minimum Gasteiger partial charge on any atom is -0.355 e. The highest BCUT2D eigenvalue weighted by Crippen LogP contribution is 2.24. The van der Waals surface area contributed by atoms with Gasteiger partial charge < -0.3 is 15.5 Å². The van der Waals surface area contributed by atoms with Crippen LogP contribution in [-0.4, -0.2) is 29.3 Å². The zero-order chi connectivity index (χ0) is 21.8. The van der Waals surface area contributed by atoms with Gasteiger partial charge in [-0.1, -0.05) is 36.7 Å². The summed E-state index contributed by atoms with van der Waals surface area (Å²) in [4.78, 5) is 14.5. The molecule has 0 spiro atoms. The number of piperidine rings is 1. The molecule has 4 rings (SSSR count). The first-order valence-electron chi connectivity index (χ1n) is 10.5. The molecular formula is C24H26ClN5O. The van der Waals surface area contributed by atoms with Crippen LogP contribution in [0.1, 0.15) is 25.3 Å². The normalized spacial score (nSPS) is 14.4. The molecule has 2 amide bonds. The van der Waals surface area contributed by atoms with Crippen molar-refractivity contribution >= 4 is 34.8 Å². The number of amides is 2. The molecule has 3 aromatic rings. The molecule has 6 nitrogen and oxygen atoms in total. The molecule has 0 atom stereocenters. The van der Waals surface area contributed by atoms with Crippen molar-refractivity contribution in [3.8, 4) is 11.3 Å². The maximum Gasteiger partial charge on any atom is 0.323 e. The average molecular weight is 436 g/mol. The van der Waals surface area contributed by atoms with Crippen LogP contribution in [0.5, 0.6) is 0 Å². The maximum absolute atomic E-state index is 12.2. The minimum atomic E-state index is -0.326. The van der Waals surface area contributed by atoms with E-state index in [-0.39, 0.29) is 6.03 Å². The van der Waals surface area contributed by atoms with Crippen molar-refractivity contribution < 1.29 is 4.79 Å². The van der Waals surface area contributed by atoms with Gasteiger partial charge in [-0.2, -0.15) is 0 Å². The predicted molar refractivity (Wildman–Crippen MR) is 127 cm³/mol. The van der Waals surface area contributed by atoms with Crippen LogP contribution in [0.3, 0.4) is 0 Å². The summed E-state index contributed by atoms with van der Waals surface area (Å²) >= 11 is 6.11. The molecule has 0 unspecified atom stereocenters. The number of urea groups is 1. The molecule has 0 radical (unpaired) electrons. The maximum atomic E-state index is 12.2. The molecule has 160 valence electrons. The number of carbonyl (C=O) groups is 1. The lowest BCUT2D eigenvalue weighted by Gasteiger charge is -2.30. The Bertz CT molecular complexity index is 1040. The number of nitrogens with one attached hydrogen (secondary N) is 2. The van der Waals surface area contributed by atoms with Crippen molar-refractivity contribution in [3.05, 3.63) is 65.2 Å². The Morgan fingerprint density at radius 2 is 1.65 bits per heavy atom. The fourth-order valence-electron chi connectivity index (χ4n) is 3.57. The number of hydrogen-bond donors (Lipinski definition) is 2. The number of benzene rings is 2. The summed E-state index contributed by atoms with van der Waals surface area (Å²) in [6, 6.07) is 16.6. The lowest BCUT2D eigenvalue weighted by molar-refractivity contribution is 0.262. The summed E-state index contributed by atoms with van der Waals surface area (Å²) in [7, 11) is 0. The lowest BCUT2D eigenvalue weighted by atomic mass is 9.99. The Labute approximate surface area is 187 Å². The van der Waals surface area contributed by atoms with Crippen molar-refractivity contribution in [1.82, 2.24) is 10.2 Å². The number of nitrogens with zero attached hydrogens (tertiary/aromatic N) is 3. The number of halogens is 1. The van der Waals surface area contributed by atoms with Gasteiger partial charge in [0.05, 0.1) is 5.69 Å². The Kier molecular flexibility index (Phi) is 6.37. The Morgan fingerprint density at radius 3 is 2.29 bits per heavy atom. The molecule has 2 N–H and O–H groups in total. The van der Waals surface area contributed by atoms with Gasteiger partial charge >= 0.3 is 6.03 Å². The smallest absolute Gasteiger partial charge is 0.323 e. The molecule has 1 aliphatic heterocycles. The molecular weight excluding hydrogens is 410 g/mol. The van der Waals surface area contributed by atoms with E-state index in [4.69, 9.17) is 11.6 Å². The molecule has 31 heavy (non-hydrogen) atoms. The summed E-state index contributed by atoms with van der Waals surface area (Å²) in [6.45, 7) is 6.28. The zero-order valence-electron chi connectivity index (χ0n) is 17.7. The summed E-state index contributed by atoms with van der Waals surface area (Å²) < 4.78 is 0. The van der Waals surface area contributed by atoms with Crippen molar-refractivity contribution in [3.63, 3.8) is 0 Å². The van der Waals surface area contributed by atoms with E-state index in [0.717, 1.165) is 41.6 Å². The molecule has 0 saturated carbocycles. The minimum absolute atomic E-state index is 0.326. The molecule has 1 aromatic heterocycles. The molecule has 2 aromatic carbocycles. The Hall–Kier alpha value is -3.12. The number of carbonyl (C=O) groups excluding carboxylic acids is 1. The molecule has 1 saturated heterocycles. The van der Waals surface area contributed by atoms with Crippen LogP contribution in [0, 0.1) is 12.8 Å². The largest absolute Gasteiger partial charge is 0.355 e. The van der Waals surface area contributed by atoms with Crippen LogP contribution in [0.2, 0.25) is 5.02 Å². The first kappa shape index (κ1) is 21.1. The second kappa shape index (κ2) is 9.35. The predicted octanol–water partition coefficient (Wildman–Crippen LogP) is 5.99. The van der Waals surface area contributed by atoms with Crippen molar-refractivity contribution in [2.24, 2.45) is 5.92 Å². The van der Waals surface area contributed by atoms with Gasteiger partial charge in [-0.15, -0.1) is 10.2 Å². The number of aromatic nitrogens is 2. The van der Waals surface area contributed by atoms with Crippen molar-refractivity contribution in [2.45, 2.75) is 26.7 Å². The van der Waals surface area contributed by atoms with E-state index < -0.39 is 0 Å². The van der Waals surface area contributed by atoms with E-state index in [2.05, 4.69) is 32.7 Å². The summed E-state index contributed by atoms with van der Waals surface area (Å²) in [5, 5.41) is 15.0. The standard InChI is InChI=1S/C24H26ClN5O/c1-16-11-13-30(14-12-16)23-10-9-22(28-29-23)18-4-7-19(8-5-18)26-24(31)27-20-6-3-17(2)21(25)15-20/h3-10,15-16H,11-14H2,1-2H3,(H2,26,27,31). The third-order valence-corrected chi connectivity index (χ3v) is 6.03. The Balaban J connectivity index is 1.36. The summed E-state index contributed by atoms with van der Waals surface area (Å²) in [5.74, 6) is 1.72. The topological polar surface area (TPSA) is 70.2 Å². The summed E-state index contributed by atoms with van der Waals surface area (Å²) in [6.07, 6.45) is 2.39. The van der Waals surface area contributed by atoms with Crippen molar-refractivity contribution in [1.29, 1.82) is 0 Å². The van der Waals surface area contributed by atoms with E-state index in [9.17, 15) is 4.79 Å².